The minimum absolute atomic E-state index is 0.208. The second kappa shape index (κ2) is 4.95. The smallest absolute Gasteiger partial charge is 0.328 e. The second-order valence-corrected chi connectivity index (χ2v) is 8.29. The molecular formula is C9H16O4Si. The Labute approximate surface area is 84.7 Å². The molecule has 0 saturated carbocycles. The number of carbonyl (C=O) groups is 2. The Hall–Kier alpha value is -1.10. The molecule has 0 atom stereocenters. The molecule has 0 saturated heterocycles. The van der Waals surface area contributed by atoms with E-state index in [1.165, 1.54) is 0 Å². The molecule has 0 rings (SSSR count). The van der Waals surface area contributed by atoms with Gasteiger partial charge in [-0.05, 0) is 26.1 Å². The van der Waals surface area contributed by atoms with Crippen LogP contribution in [0.15, 0.2) is 11.6 Å². The van der Waals surface area contributed by atoms with Crippen molar-refractivity contribution >= 4 is 20.3 Å². The van der Waals surface area contributed by atoms with E-state index in [1.807, 2.05) is 19.6 Å². The van der Waals surface area contributed by atoms with E-state index >= 15 is 0 Å². The van der Waals surface area contributed by atoms with Crippen LogP contribution < -0.4 is 0 Å². The molecule has 0 spiro atoms. The van der Waals surface area contributed by atoms with Gasteiger partial charge in [-0.3, -0.25) is 0 Å². The molecule has 0 aromatic heterocycles. The monoisotopic (exact) mass is 216 g/mol. The number of rotatable bonds is 4. The quantitative estimate of drug-likeness (QED) is 0.574. The lowest BCUT2D eigenvalue weighted by atomic mass is 10.2. The van der Waals surface area contributed by atoms with Crippen LogP contribution in [-0.2, 0) is 14.0 Å². The highest BCUT2D eigenvalue weighted by atomic mass is 28.4. The summed E-state index contributed by atoms with van der Waals surface area (Å²) in [5, 5.41) is 8.49. The predicted molar refractivity (Wildman–Crippen MR) is 55.4 cm³/mol. The number of carboxylic acids is 1. The summed E-state index contributed by atoms with van der Waals surface area (Å²) in [7, 11) is -1.93. The van der Waals surface area contributed by atoms with Gasteiger partial charge in [-0.1, -0.05) is 6.92 Å². The van der Waals surface area contributed by atoms with Gasteiger partial charge in [-0.25, -0.2) is 9.59 Å². The van der Waals surface area contributed by atoms with Crippen LogP contribution in [-0.4, -0.2) is 25.4 Å². The van der Waals surface area contributed by atoms with Crippen LogP contribution in [0.3, 0.4) is 0 Å². The van der Waals surface area contributed by atoms with E-state index in [-0.39, 0.29) is 5.57 Å². The Morgan fingerprint density at radius 2 is 1.86 bits per heavy atom. The van der Waals surface area contributed by atoms with Gasteiger partial charge in [-0.15, -0.1) is 0 Å². The van der Waals surface area contributed by atoms with Crippen molar-refractivity contribution in [2.45, 2.75) is 33.0 Å². The van der Waals surface area contributed by atoms with Crippen LogP contribution in [0.1, 0.15) is 13.3 Å². The highest BCUT2D eigenvalue weighted by Gasteiger charge is 2.22. The highest BCUT2D eigenvalue weighted by molar-refractivity contribution is 6.71. The van der Waals surface area contributed by atoms with Crippen LogP contribution >= 0.6 is 0 Å². The molecule has 0 aliphatic carbocycles. The fraction of sp³-hybridized carbons (Fsp3) is 0.556. The van der Waals surface area contributed by atoms with E-state index in [4.69, 9.17) is 9.53 Å². The zero-order valence-electron chi connectivity index (χ0n) is 8.96. The van der Waals surface area contributed by atoms with E-state index in [0.717, 1.165) is 6.08 Å². The van der Waals surface area contributed by atoms with E-state index in [1.54, 1.807) is 6.92 Å². The zero-order chi connectivity index (χ0) is 11.4. The molecule has 0 aliphatic rings. The molecule has 1 N–H and O–H groups in total. The SMILES string of the molecule is CCC(=CC(=O)O)C(=O)O[Si](C)(C)C. The number of hydrogen-bond donors (Lipinski definition) is 1. The third-order valence-electron chi connectivity index (χ3n) is 1.34. The van der Waals surface area contributed by atoms with Crippen molar-refractivity contribution in [3.05, 3.63) is 11.6 Å². The fourth-order valence-corrected chi connectivity index (χ4v) is 1.49. The van der Waals surface area contributed by atoms with Gasteiger partial charge in [0, 0.05) is 11.6 Å². The molecule has 80 valence electrons. The molecule has 0 radical (unpaired) electrons. The van der Waals surface area contributed by atoms with E-state index in [0.29, 0.717) is 6.42 Å². The molecule has 0 fully saturated rings. The average molecular weight is 216 g/mol. The molecule has 0 unspecified atom stereocenters. The van der Waals surface area contributed by atoms with Crippen molar-refractivity contribution < 1.29 is 19.1 Å². The van der Waals surface area contributed by atoms with Gasteiger partial charge in [-0.2, -0.15) is 0 Å². The summed E-state index contributed by atoms with van der Waals surface area (Å²) in [6.07, 6.45) is 1.28. The summed E-state index contributed by atoms with van der Waals surface area (Å²) >= 11 is 0. The first-order valence-electron chi connectivity index (χ1n) is 4.43. The fourth-order valence-electron chi connectivity index (χ4n) is 0.798. The molecule has 0 amide bonds. The highest BCUT2D eigenvalue weighted by Crippen LogP contribution is 2.10. The van der Waals surface area contributed by atoms with Gasteiger partial charge in [0.15, 0.2) is 0 Å². The average Bonchev–Trinajstić information content (AvgIpc) is 1.96. The Morgan fingerprint density at radius 1 is 1.36 bits per heavy atom. The second-order valence-electron chi connectivity index (χ2n) is 3.86. The lowest BCUT2D eigenvalue weighted by Gasteiger charge is -2.17. The van der Waals surface area contributed by atoms with Gasteiger partial charge in [0.1, 0.15) is 0 Å². The summed E-state index contributed by atoms with van der Waals surface area (Å²) < 4.78 is 5.16. The van der Waals surface area contributed by atoms with Gasteiger partial charge in [0.25, 0.3) is 0 Å². The molecule has 5 heteroatoms. The Morgan fingerprint density at radius 3 is 2.14 bits per heavy atom. The van der Waals surface area contributed by atoms with Gasteiger partial charge in [0.05, 0.1) is 0 Å². The van der Waals surface area contributed by atoms with Gasteiger partial charge in [0.2, 0.25) is 8.32 Å². The normalized spacial score (nSPS) is 12.4. The molecule has 0 aliphatic heterocycles. The maximum Gasteiger partial charge on any atom is 0.328 e. The van der Waals surface area contributed by atoms with Crippen LogP contribution in [0.4, 0.5) is 0 Å². The lowest BCUT2D eigenvalue weighted by molar-refractivity contribution is -0.134. The van der Waals surface area contributed by atoms with Crippen LogP contribution in [0.5, 0.6) is 0 Å². The van der Waals surface area contributed by atoms with Crippen molar-refractivity contribution in [2.75, 3.05) is 0 Å². The largest absolute Gasteiger partial charge is 0.517 e. The number of hydrogen-bond acceptors (Lipinski definition) is 3. The minimum Gasteiger partial charge on any atom is -0.517 e. The first kappa shape index (κ1) is 12.9. The molecule has 0 aromatic rings. The number of aliphatic carboxylic acids is 1. The molecule has 0 aromatic carbocycles. The summed E-state index contributed by atoms with van der Waals surface area (Å²) in [5.74, 6) is -1.62. The van der Waals surface area contributed by atoms with Crippen molar-refractivity contribution in [3.63, 3.8) is 0 Å². The Kier molecular flexibility index (Phi) is 4.56. The summed E-state index contributed by atoms with van der Waals surface area (Å²) in [6.45, 7) is 7.34. The molecule has 0 heterocycles. The van der Waals surface area contributed by atoms with Crippen molar-refractivity contribution in [1.82, 2.24) is 0 Å². The molecule has 14 heavy (non-hydrogen) atoms. The summed E-state index contributed by atoms with van der Waals surface area (Å²) in [6, 6.07) is 0. The van der Waals surface area contributed by atoms with E-state index < -0.39 is 20.3 Å². The number of carbonyl (C=O) groups excluding carboxylic acids is 1. The van der Waals surface area contributed by atoms with Crippen LogP contribution in [0.25, 0.3) is 0 Å². The lowest BCUT2D eigenvalue weighted by Crippen LogP contribution is -2.30. The van der Waals surface area contributed by atoms with Crippen molar-refractivity contribution in [3.8, 4) is 0 Å². The predicted octanol–water partition coefficient (Wildman–Crippen LogP) is 1.79. The summed E-state index contributed by atoms with van der Waals surface area (Å²) in [4.78, 5) is 21.8. The maximum absolute atomic E-state index is 11.4. The first-order valence-corrected chi connectivity index (χ1v) is 7.84. The molecule has 0 bridgehead atoms. The van der Waals surface area contributed by atoms with Crippen LogP contribution in [0.2, 0.25) is 19.6 Å². The van der Waals surface area contributed by atoms with E-state index in [2.05, 4.69) is 0 Å². The molecular weight excluding hydrogens is 200 g/mol. The molecule has 4 nitrogen and oxygen atoms in total. The summed E-state index contributed by atoms with van der Waals surface area (Å²) in [5.41, 5.74) is 0.208. The van der Waals surface area contributed by atoms with Crippen LogP contribution in [0, 0.1) is 0 Å². The minimum atomic E-state index is -1.93. The Bertz CT molecular complexity index is 262. The van der Waals surface area contributed by atoms with Crippen molar-refractivity contribution in [1.29, 1.82) is 0 Å². The standard InChI is InChI=1S/C9H16O4Si/c1-5-7(6-8(10)11)9(12)13-14(2,3)4/h6H,5H2,1-4H3,(H,10,11). The third kappa shape index (κ3) is 5.53. The first-order chi connectivity index (χ1) is 6.26. The topological polar surface area (TPSA) is 63.6 Å². The van der Waals surface area contributed by atoms with E-state index in [9.17, 15) is 9.59 Å². The van der Waals surface area contributed by atoms with Crippen molar-refractivity contribution in [2.24, 2.45) is 0 Å². The Balaban J connectivity index is 4.57. The van der Waals surface area contributed by atoms with Gasteiger partial charge >= 0.3 is 11.9 Å². The van der Waals surface area contributed by atoms with Gasteiger partial charge < -0.3 is 9.53 Å². The maximum atomic E-state index is 11.4. The zero-order valence-corrected chi connectivity index (χ0v) is 9.96. The number of carboxylic acid groups (broad SMARTS) is 1. The third-order valence-corrected chi connectivity index (χ3v) is 2.14.